The number of aromatic nitrogens is 1. The van der Waals surface area contributed by atoms with Crippen molar-refractivity contribution in [1.29, 1.82) is 0 Å². The van der Waals surface area contributed by atoms with Gasteiger partial charge in [0.2, 0.25) is 0 Å². The predicted molar refractivity (Wildman–Crippen MR) is 108 cm³/mol. The molecule has 138 valence electrons. The smallest absolute Gasteiger partial charge is 0.295 e. The summed E-state index contributed by atoms with van der Waals surface area (Å²) in [5, 5.41) is 1.12. The minimum Gasteiger partial charge on any atom is -0.494 e. The summed E-state index contributed by atoms with van der Waals surface area (Å²) < 4.78 is 12.1. The molecule has 0 unspecified atom stereocenters. The fourth-order valence-electron chi connectivity index (χ4n) is 2.37. The van der Waals surface area contributed by atoms with Gasteiger partial charge in [0, 0.05) is 13.1 Å². The van der Waals surface area contributed by atoms with Crippen LogP contribution >= 0.6 is 38.9 Å². The molecule has 2 aromatic heterocycles. The number of nitrogens with zero attached hydrogens (tertiary/aromatic N) is 3. The zero-order chi connectivity index (χ0) is 18.8. The van der Waals surface area contributed by atoms with Gasteiger partial charge in [-0.15, -0.1) is 0 Å². The Bertz CT molecular complexity index is 941. The topological polar surface area (TPSA) is 58.8 Å². The number of hydrogen-bond donors (Lipinski definition) is 0. The predicted octanol–water partition coefficient (Wildman–Crippen LogP) is 4.52. The van der Waals surface area contributed by atoms with Crippen LogP contribution in [0.3, 0.4) is 0 Å². The second-order valence-electron chi connectivity index (χ2n) is 5.79. The highest BCUT2D eigenvalue weighted by Gasteiger charge is 2.25. The van der Waals surface area contributed by atoms with E-state index < -0.39 is 0 Å². The van der Waals surface area contributed by atoms with Crippen LogP contribution in [0, 0.1) is 0 Å². The average Bonchev–Trinajstić information content (AvgIpc) is 3.22. The lowest BCUT2D eigenvalue weighted by Crippen LogP contribution is -2.36. The summed E-state index contributed by atoms with van der Waals surface area (Å²) in [4.78, 5) is 21.2. The Balaban J connectivity index is 2.05. The summed E-state index contributed by atoms with van der Waals surface area (Å²) >= 11 is 10.9. The van der Waals surface area contributed by atoms with Gasteiger partial charge in [-0.25, -0.2) is 4.98 Å². The lowest BCUT2D eigenvalue weighted by atomic mass is 10.3. The first-order valence-electron chi connectivity index (χ1n) is 7.75. The number of furan rings is 1. The molecule has 3 aromatic rings. The van der Waals surface area contributed by atoms with E-state index in [0.717, 1.165) is 4.70 Å². The molecule has 0 aliphatic rings. The molecule has 0 N–H and O–H groups in total. The van der Waals surface area contributed by atoms with Crippen LogP contribution < -0.4 is 9.64 Å². The van der Waals surface area contributed by atoms with Crippen LogP contribution in [0.15, 0.2) is 33.4 Å². The number of rotatable bonds is 6. The Labute approximate surface area is 168 Å². The van der Waals surface area contributed by atoms with Gasteiger partial charge in [0.15, 0.2) is 15.6 Å². The highest BCUT2D eigenvalue weighted by molar-refractivity contribution is 9.10. The lowest BCUT2D eigenvalue weighted by molar-refractivity contribution is 0.0957. The number of benzene rings is 1. The highest BCUT2D eigenvalue weighted by atomic mass is 79.9. The number of carbonyl (C=O) groups is 1. The van der Waals surface area contributed by atoms with Gasteiger partial charge >= 0.3 is 0 Å². The zero-order valence-electron chi connectivity index (χ0n) is 14.5. The summed E-state index contributed by atoms with van der Waals surface area (Å²) in [6, 6.07) is 6.86. The third-order valence-corrected chi connectivity index (χ3v) is 5.66. The van der Waals surface area contributed by atoms with E-state index in [2.05, 4.69) is 20.9 Å². The molecule has 26 heavy (non-hydrogen) atoms. The molecule has 2 heterocycles. The molecule has 9 heteroatoms. The van der Waals surface area contributed by atoms with E-state index in [0.29, 0.717) is 39.2 Å². The second kappa shape index (κ2) is 7.96. The normalized spacial score (nSPS) is 11.3. The number of ether oxygens (including phenoxy) is 1. The quantitative estimate of drug-likeness (QED) is 0.543. The van der Waals surface area contributed by atoms with Gasteiger partial charge in [-0.05, 0) is 54.3 Å². The Kier molecular flexibility index (Phi) is 5.86. The van der Waals surface area contributed by atoms with E-state index in [9.17, 15) is 4.79 Å². The molecule has 0 saturated carbocycles. The van der Waals surface area contributed by atoms with Gasteiger partial charge in [-0.2, -0.15) is 0 Å². The maximum atomic E-state index is 13.0. The largest absolute Gasteiger partial charge is 0.494 e. The minimum absolute atomic E-state index is 0.243. The molecule has 0 aliphatic heterocycles. The molecule has 0 aliphatic carbocycles. The van der Waals surface area contributed by atoms with Gasteiger partial charge in [0.1, 0.15) is 11.3 Å². The third-order valence-electron chi connectivity index (χ3n) is 3.70. The second-order valence-corrected chi connectivity index (χ2v) is 7.95. The number of halogens is 2. The van der Waals surface area contributed by atoms with Crippen LogP contribution in [-0.4, -0.2) is 50.1 Å². The summed E-state index contributed by atoms with van der Waals surface area (Å²) in [5.41, 5.74) is 0.642. The van der Waals surface area contributed by atoms with Crippen LogP contribution in [-0.2, 0) is 0 Å². The van der Waals surface area contributed by atoms with Crippen molar-refractivity contribution in [1.82, 2.24) is 9.88 Å². The SMILES string of the molecule is COc1ccc(Cl)c2sc(N(CCN(C)C)C(=O)c3ccc(Br)o3)nc12. The number of likely N-dealkylation sites (N-methyl/N-ethyl adjacent to an activating group) is 1. The van der Waals surface area contributed by atoms with E-state index in [1.165, 1.54) is 11.3 Å². The average molecular weight is 459 g/mol. The van der Waals surface area contributed by atoms with Crippen molar-refractivity contribution in [3.63, 3.8) is 0 Å². The molecule has 0 spiro atoms. The van der Waals surface area contributed by atoms with Gasteiger partial charge in [0.25, 0.3) is 5.91 Å². The van der Waals surface area contributed by atoms with Crippen molar-refractivity contribution in [2.24, 2.45) is 0 Å². The van der Waals surface area contributed by atoms with E-state index in [4.69, 9.17) is 20.8 Å². The first kappa shape index (κ1) is 19.2. The van der Waals surface area contributed by atoms with E-state index in [1.54, 1.807) is 36.3 Å². The molecule has 3 rings (SSSR count). The van der Waals surface area contributed by atoms with Gasteiger partial charge in [0.05, 0.1) is 16.8 Å². The standard InChI is InChI=1S/C17H17BrClN3O3S/c1-21(2)8-9-22(16(23)12-6-7-13(18)25-12)17-20-14-11(24-3)5-4-10(19)15(14)26-17/h4-7H,8-9H2,1-3H3. The van der Waals surface area contributed by atoms with Gasteiger partial charge < -0.3 is 14.1 Å². The molecule has 0 fully saturated rings. The lowest BCUT2D eigenvalue weighted by Gasteiger charge is -2.20. The van der Waals surface area contributed by atoms with Crippen LogP contribution in [0.25, 0.3) is 10.2 Å². The summed E-state index contributed by atoms with van der Waals surface area (Å²) in [7, 11) is 5.48. The van der Waals surface area contributed by atoms with Gasteiger partial charge in [-0.1, -0.05) is 22.9 Å². The maximum Gasteiger partial charge on any atom is 0.295 e. The summed E-state index contributed by atoms with van der Waals surface area (Å²) in [5.74, 6) is 0.604. The Morgan fingerprint density at radius 2 is 2.08 bits per heavy atom. The molecule has 0 bridgehead atoms. The zero-order valence-corrected chi connectivity index (χ0v) is 17.6. The van der Waals surface area contributed by atoms with Gasteiger partial charge in [-0.3, -0.25) is 9.69 Å². The number of carbonyl (C=O) groups excluding carboxylic acids is 1. The molecule has 1 aromatic carbocycles. The van der Waals surface area contributed by atoms with Crippen molar-refractivity contribution in [3.05, 3.63) is 39.7 Å². The van der Waals surface area contributed by atoms with E-state index >= 15 is 0 Å². The molecule has 0 radical (unpaired) electrons. The van der Waals surface area contributed by atoms with Crippen LogP contribution in [0.4, 0.5) is 5.13 Å². The van der Waals surface area contributed by atoms with Crippen LogP contribution in [0.1, 0.15) is 10.6 Å². The first-order chi connectivity index (χ1) is 12.4. The Morgan fingerprint density at radius 1 is 1.31 bits per heavy atom. The summed E-state index contributed by atoms with van der Waals surface area (Å²) in [6.07, 6.45) is 0. The number of thiazole rings is 1. The summed E-state index contributed by atoms with van der Waals surface area (Å²) in [6.45, 7) is 1.14. The van der Waals surface area contributed by atoms with Crippen molar-refractivity contribution in [2.75, 3.05) is 39.2 Å². The highest BCUT2D eigenvalue weighted by Crippen LogP contribution is 2.39. The van der Waals surface area contributed by atoms with E-state index in [1.807, 2.05) is 19.0 Å². The molecular weight excluding hydrogens is 442 g/mol. The Hall–Kier alpha value is -1.61. The van der Waals surface area contributed by atoms with E-state index in [-0.39, 0.29) is 11.7 Å². The first-order valence-corrected chi connectivity index (χ1v) is 9.74. The monoisotopic (exact) mass is 457 g/mol. The van der Waals surface area contributed by atoms with Crippen LogP contribution in [0.2, 0.25) is 5.02 Å². The number of hydrogen-bond acceptors (Lipinski definition) is 6. The number of methoxy groups -OCH3 is 1. The van der Waals surface area contributed by atoms with Crippen molar-refractivity contribution in [2.45, 2.75) is 0 Å². The molecule has 0 atom stereocenters. The minimum atomic E-state index is -0.258. The molecule has 6 nitrogen and oxygen atoms in total. The maximum absolute atomic E-state index is 13.0. The molecule has 0 saturated heterocycles. The van der Waals surface area contributed by atoms with Crippen molar-refractivity contribution < 1.29 is 13.9 Å². The van der Waals surface area contributed by atoms with Crippen molar-refractivity contribution >= 4 is 60.1 Å². The van der Waals surface area contributed by atoms with Crippen LogP contribution in [0.5, 0.6) is 5.75 Å². The molecule has 1 amide bonds. The fourth-order valence-corrected chi connectivity index (χ4v) is 3.95. The fraction of sp³-hybridized carbons (Fsp3) is 0.294. The number of fused-ring (bicyclic) bond motifs is 1. The Morgan fingerprint density at radius 3 is 2.69 bits per heavy atom. The van der Waals surface area contributed by atoms with Crippen molar-refractivity contribution in [3.8, 4) is 5.75 Å². The number of anilines is 1. The third kappa shape index (κ3) is 3.88. The number of amides is 1. The molecular formula is C17H17BrClN3O3S.